The molecule has 1 spiro atoms. The number of benzene rings is 1. The van der Waals surface area contributed by atoms with Crippen LogP contribution in [0.25, 0.3) is 0 Å². The van der Waals surface area contributed by atoms with Crippen molar-refractivity contribution in [3.8, 4) is 0 Å². The molecule has 0 heterocycles. The Morgan fingerprint density at radius 3 is 2.68 bits per heavy atom. The van der Waals surface area contributed by atoms with E-state index < -0.39 is 0 Å². The van der Waals surface area contributed by atoms with Crippen molar-refractivity contribution in [1.29, 1.82) is 0 Å². The van der Waals surface area contributed by atoms with Gasteiger partial charge < -0.3 is 11.1 Å². The van der Waals surface area contributed by atoms with E-state index >= 15 is 0 Å². The van der Waals surface area contributed by atoms with E-state index in [-0.39, 0.29) is 17.4 Å². The van der Waals surface area contributed by atoms with Crippen LogP contribution in [0.15, 0.2) is 24.3 Å². The van der Waals surface area contributed by atoms with Crippen LogP contribution < -0.4 is 11.1 Å². The molecule has 3 nitrogen and oxygen atoms in total. The monoisotopic (exact) mass is 258 g/mol. The number of nitrogens with one attached hydrogen (secondary N) is 1. The zero-order valence-electron chi connectivity index (χ0n) is 11.5. The zero-order valence-corrected chi connectivity index (χ0v) is 11.5. The minimum absolute atomic E-state index is 0.0657. The van der Waals surface area contributed by atoms with Crippen molar-refractivity contribution in [3.05, 3.63) is 35.4 Å². The van der Waals surface area contributed by atoms with Gasteiger partial charge in [0.15, 0.2) is 0 Å². The number of carbonyl (C=O) groups is 1. The summed E-state index contributed by atoms with van der Waals surface area (Å²) in [5.74, 6) is 0.0657. The van der Waals surface area contributed by atoms with Gasteiger partial charge in [-0.3, -0.25) is 4.79 Å². The zero-order chi connectivity index (χ0) is 13.5. The first kappa shape index (κ1) is 12.7. The van der Waals surface area contributed by atoms with Gasteiger partial charge in [0.1, 0.15) is 0 Å². The first-order chi connectivity index (χ1) is 9.11. The number of nitrogens with two attached hydrogens (primary N) is 1. The molecule has 2 aliphatic rings. The Hall–Kier alpha value is -1.35. The average molecular weight is 258 g/mol. The molecule has 102 valence electrons. The van der Waals surface area contributed by atoms with Crippen LogP contribution in [-0.4, -0.2) is 11.9 Å². The molecule has 1 saturated carbocycles. The first-order valence-electron chi connectivity index (χ1n) is 7.21. The van der Waals surface area contributed by atoms with E-state index in [1.165, 1.54) is 11.1 Å². The molecule has 0 aliphatic heterocycles. The lowest BCUT2D eigenvalue weighted by Gasteiger charge is -2.41. The molecule has 2 aliphatic carbocycles. The number of rotatable bonds is 1. The van der Waals surface area contributed by atoms with Gasteiger partial charge in [-0.1, -0.05) is 24.3 Å². The fourth-order valence-corrected chi connectivity index (χ4v) is 3.90. The SMILES string of the molecule is CC(=O)NC1c2ccccc2CC12CCC(N)CC2. The molecule has 3 N–H and O–H groups in total. The third kappa shape index (κ3) is 2.16. The molecule has 1 amide bonds. The van der Waals surface area contributed by atoms with Gasteiger partial charge >= 0.3 is 0 Å². The van der Waals surface area contributed by atoms with E-state index in [0.29, 0.717) is 6.04 Å². The fraction of sp³-hybridized carbons (Fsp3) is 0.562. The highest BCUT2D eigenvalue weighted by Crippen LogP contribution is 2.53. The molecule has 0 aromatic heterocycles. The summed E-state index contributed by atoms with van der Waals surface area (Å²) in [5, 5.41) is 3.19. The highest BCUT2D eigenvalue weighted by atomic mass is 16.1. The van der Waals surface area contributed by atoms with Crippen LogP contribution in [0.3, 0.4) is 0 Å². The molecule has 0 saturated heterocycles. The minimum atomic E-state index is 0.0657. The van der Waals surface area contributed by atoms with Crippen LogP contribution in [0.2, 0.25) is 0 Å². The molecule has 1 aromatic carbocycles. The molecule has 1 fully saturated rings. The molecule has 1 aromatic rings. The number of hydrogen-bond donors (Lipinski definition) is 2. The van der Waals surface area contributed by atoms with E-state index in [9.17, 15) is 4.79 Å². The molecule has 0 bridgehead atoms. The third-order valence-corrected chi connectivity index (χ3v) is 4.89. The summed E-state index contributed by atoms with van der Waals surface area (Å²) in [6.07, 6.45) is 5.47. The van der Waals surface area contributed by atoms with Crippen LogP contribution in [0.5, 0.6) is 0 Å². The van der Waals surface area contributed by atoms with Crippen LogP contribution in [0, 0.1) is 5.41 Å². The van der Waals surface area contributed by atoms with Crippen LogP contribution in [0.4, 0.5) is 0 Å². The van der Waals surface area contributed by atoms with Gasteiger partial charge in [0, 0.05) is 13.0 Å². The Bertz CT molecular complexity index is 489. The second-order valence-electron chi connectivity index (χ2n) is 6.21. The Balaban J connectivity index is 1.95. The lowest BCUT2D eigenvalue weighted by atomic mass is 9.68. The smallest absolute Gasteiger partial charge is 0.217 e. The lowest BCUT2D eigenvalue weighted by molar-refractivity contribution is -0.120. The van der Waals surface area contributed by atoms with Gasteiger partial charge in [0.05, 0.1) is 6.04 Å². The first-order valence-corrected chi connectivity index (χ1v) is 7.21. The molecule has 1 unspecified atom stereocenters. The molecule has 3 rings (SSSR count). The van der Waals surface area contributed by atoms with E-state index in [2.05, 4.69) is 29.6 Å². The van der Waals surface area contributed by atoms with Crippen molar-refractivity contribution in [2.24, 2.45) is 11.1 Å². The Morgan fingerprint density at radius 2 is 2.00 bits per heavy atom. The normalized spacial score (nSPS) is 33.2. The number of carbonyl (C=O) groups excluding carboxylic acids is 1. The largest absolute Gasteiger partial charge is 0.349 e. The van der Waals surface area contributed by atoms with Gasteiger partial charge in [0.25, 0.3) is 0 Å². The quantitative estimate of drug-likeness (QED) is 0.812. The van der Waals surface area contributed by atoms with Crippen molar-refractivity contribution in [2.75, 3.05) is 0 Å². The predicted octanol–water partition coefficient (Wildman–Crippen LogP) is 2.31. The van der Waals surface area contributed by atoms with E-state index in [0.717, 1.165) is 32.1 Å². The maximum atomic E-state index is 11.6. The van der Waals surface area contributed by atoms with Crippen molar-refractivity contribution >= 4 is 5.91 Å². The average Bonchev–Trinajstić information content (AvgIpc) is 2.68. The fourth-order valence-electron chi connectivity index (χ4n) is 3.90. The highest BCUT2D eigenvalue weighted by Gasteiger charge is 2.47. The van der Waals surface area contributed by atoms with Crippen molar-refractivity contribution in [1.82, 2.24) is 5.32 Å². The van der Waals surface area contributed by atoms with Gasteiger partial charge in [-0.25, -0.2) is 0 Å². The molecular weight excluding hydrogens is 236 g/mol. The molecule has 0 radical (unpaired) electrons. The van der Waals surface area contributed by atoms with E-state index in [1.807, 2.05) is 0 Å². The van der Waals surface area contributed by atoms with Crippen molar-refractivity contribution in [2.45, 2.75) is 51.1 Å². The van der Waals surface area contributed by atoms with Crippen molar-refractivity contribution < 1.29 is 4.79 Å². The second-order valence-corrected chi connectivity index (χ2v) is 6.21. The Kier molecular flexibility index (Phi) is 3.09. The summed E-state index contributed by atoms with van der Waals surface area (Å²) in [4.78, 5) is 11.6. The highest BCUT2D eigenvalue weighted by molar-refractivity contribution is 5.74. The third-order valence-electron chi connectivity index (χ3n) is 4.89. The summed E-state index contributed by atoms with van der Waals surface area (Å²) in [6.45, 7) is 1.61. The summed E-state index contributed by atoms with van der Waals surface area (Å²) in [5.41, 5.74) is 8.96. The number of hydrogen-bond acceptors (Lipinski definition) is 2. The summed E-state index contributed by atoms with van der Waals surface area (Å²) >= 11 is 0. The van der Waals surface area contributed by atoms with Gasteiger partial charge in [0.2, 0.25) is 5.91 Å². The van der Waals surface area contributed by atoms with Crippen molar-refractivity contribution in [3.63, 3.8) is 0 Å². The summed E-state index contributed by atoms with van der Waals surface area (Å²) < 4.78 is 0. The number of fused-ring (bicyclic) bond motifs is 1. The van der Waals surface area contributed by atoms with Gasteiger partial charge in [-0.2, -0.15) is 0 Å². The van der Waals surface area contributed by atoms with E-state index in [4.69, 9.17) is 5.73 Å². The van der Waals surface area contributed by atoms with Gasteiger partial charge in [-0.05, 0) is 48.6 Å². The standard InChI is InChI=1S/C16H22N2O/c1-11(19)18-15-14-5-3-2-4-12(14)10-16(15)8-6-13(17)7-9-16/h2-5,13,15H,6-10,17H2,1H3,(H,18,19). The topological polar surface area (TPSA) is 55.1 Å². The second kappa shape index (κ2) is 4.64. The van der Waals surface area contributed by atoms with Crippen LogP contribution in [-0.2, 0) is 11.2 Å². The predicted molar refractivity (Wildman–Crippen MR) is 75.6 cm³/mol. The van der Waals surface area contributed by atoms with Crippen LogP contribution >= 0.6 is 0 Å². The van der Waals surface area contributed by atoms with Gasteiger partial charge in [-0.15, -0.1) is 0 Å². The molecular formula is C16H22N2O. The minimum Gasteiger partial charge on any atom is -0.349 e. The summed E-state index contributed by atoms with van der Waals surface area (Å²) in [6, 6.07) is 9.05. The molecule has 3 heteroatoms. The maximum Gasteiger partial charge on any atom is 0.217 e. The van der Waals surface area contributed by atoms with E-state index in [1.54, 1.807) is 6.92 Å². The number of amides is 1. The molecule has 19 heavy (non-hydrogen) atoms. The Morgan fingerprint density at radius 1 is 1.32 bits per heavy atom. The maximum absolute atomic E-state index is 11.6. The van der Waals surface area contributed by atoms with Crippen LogP contribution in [0.1, 0.15) is 49.8 Å². The molecule has 1 atom stereocenters. The Labute approximate surface area is 114 Å². The summed E-state index contributed by atoms with van der Waals surface area (Å²) in [7, 11) is 0. The lowest BCUT2D eigenvalue weighted by Crippen LogP contribution is -2.42.